The van der Waals surface area contributed by atoms with Crippen molar-refractivity contribution < 1.29 is 4.39 Å². The molecule has 2 rings (SSSR count). The molecule has 100 valence electrons. The molecule has 1 nitrogen and oxygen atoms in total. The van der Waals surface area contributed by atoms with E-state index in [4.69, 9.17) is 5.73 Å². The van der Waals surface area contributed by atoms with Crippen LogP contribution in [-0.2, 0) is 6.42 Å². The Bertz CT molecular complexity index is 399. The average Bonchev–Trinajstić information content (AvgIpc) is 2.33. The van der Waals surface area contributed by atoms with E-state index in [2.05, 4.69) is 22.9 Å². The van der Waals surface area contributed by atoms with Crippen LogP contribution in [0.4, 0.5) is 4.39 Å². The van der Waals surface area contributed by atoms with Gasteiger partial charge >= 0.3 is 0 Å². The number of hydrogen-bond acceptors (Lipinski definition) is 1. The van der Waals surface area contributed by atoms with Crippen molar-refractivity contribution in [2.45, 2.75) is 45.1 Å². The molecule has 3 heteroatoms. The molecule has 0 spiro atoms. The maximum Gasteiger partial charge on any atom is 0.124 e. The Balaban J connectivity index is 1.96. The molecule has 1 unspecified atom stereocenters. The van der Waals surface area contributed by atoms with Crippen LogP contribution < -0.4 is 5.73 Å². The van der Waals surface area contributed by atoms with Crippen LogP contribution in [0.15, 0.2) is 22.7 Å². The summed E-state index contributed by atoms with van der Waals surface area (Å²) < 4.78 is 13.9. The van der Waals surface area contributed by atoms with Gasteiger partial charge in [-0.05, 0) is 48.8 Å². The van der Waals surface area contributed by atoms with Gasteiger partial charge in [0.1, 0.15) is 5.82 Å². The molecule has 0 aromatic heterocycles. The summed E-state index contributed by atoms with van der Waals surface area (Å²) in [6.07, 6.45) is 5.90. The summed E-state index contributed by atoms with van der Waals surface area (Å²) in [6.45, 7) is 2.32. The lowest BCUT2D eigenvalue weighted by atomic mass is 9.78. The molecule has 0 saturated heterocycles. The van der Waals surface area contributed by atoms with E-state index in [1.54, 1.807) is 0 Å². The lowest BCUT2D eigenvalue weighted by Crippen LogP contribution is -2.34. The van der Waals surface area contributed by atoms with E-state index in [1.165, 1.54) is 37.8 Å². The van der Waals surface area contributed by atoms with Gasteiger partial charge in [-0.1, -0.05) is 41.8 Å². The lowest BCUT2D eigenvalue weighted by Gasteiger charge is -2.30. The zero-order valence-corrected chi connectivity index (χ0v) is 12.4. The van der Waals surface area contributed by atoms with Crippen molar-refractivity contribution in [3.05, 3.63) is 34.1 Å². The van der Waals surface area contributed by atoms with Gasteiger partial charge in [0.2, 0.25) is 0 Å². The van der Waals surface area contributed by atoms with Gasteiger partial charge in [-0.3, -0.25) is 0 Å². The number of halogens is 2. The van der Waals surface area contributed by atoms with E-state index in [1.807, 2.05) is 6.07 Å². The van der Waals surface area contributed by atoms with Crippen LogP contribution in [0.1, 0.15) is 38.2 Å². The van der Waals surface area contributed by atoms with Crippen LogP contribution in [0.2, 0.25) is 0 Å². The number of hydrogen-bond donors (Lipinski definition) is 1. The Hall–Kier alpha value is -0.410. The van der Waals surface area contributed by atoms with Gasteiger partial charge in [0.15, 0.2) is 0 Å². The Morgan fingerprint density at radius 2 is 2.00 bits per heavy atom. The first-order valence-electron chi connectivity index (χ1n) is 6.75. The summed E-state index contributed by atoms with van der Waals surface area (Å²) in [6, 6.07) is 5.06. The second kappa shape index (κ2) is 6.16. The molecule has 2 N–H and O–H groups in total. The zero-order valence-electron chi connectivity index (χ0n) is 10.8. The highest BCUT2D eigenvalue weighted by Gasteiger charge is 2.24. The number of rotatable bonds is 3. The molecule has 18 heavy (non-hydrogen) atoms. The lowest BCUT2D eigenvalue weighted by molar-refractivity contribution is 0.253. The molecule has 1 fully saturated rings. The third-order valence-electron chi connectivity index (χ3n) is 4.14. The highest BCUT2D eigenvalue weighted by atomic mass is 79.9. The van der Waals surface area contributed by atoms with E-state index in [0.29, 0.717) is 5.92 Å². The van der Waals surface area contributed by atoms with Crippen LogP contribution in [0.5, 0.6) is 0 Å². The minimum atomic E-state index is -0.203. The van der Waals surface area contributed by atoms with Gasteiger partial charge in [0.05, 0.1) is 0 Å². The minimum absolute atomic E-state index is 0.194. The topological polar surface area (TPSA) is 26.0 Å². The molecule has 1 aromatic carbocycles. The van der Waals surface area contributed by atoms with E-state index >= 15 is 0 Å². The average molecular weight is 314 g/mol. The van der Waals surface area contributed by atoms with Gasteiger partial charge in [-0.15, -0.1) is 0 Å². The number of benzene rings is 1. The molecule has 1 aliphatic carbocycles. The number of nitrogens with two attached hydrogens (primary N) is 1. The second-order valence-electron chi connectivity index (χ2n) is 5.62. The monoisotopic (exact) mass is 313 g/mol. The third kappa shape index (κ3) is 3.55. The van der Waals surface area contributed by atoms with Crippen molar-refractivity contribution in [2.24, 2.45) is 17.6 Å². The fourth-order valence-electron chi connectivity index (χ4n) is 2.82. The van der Waals surface area contributed by atoms with Crippen molar-refractivity contribution in [1.82, 2.24) is 0 Å². The Kier molecular flexibility index (Phi) is 4.79. The minimum Gasteiger partial charge on any atom is -0.327 e. The van der Waals surface area contributed by atoms with Crippen LogP contribution in [0.25, 0.3) is 0 Å². The van der Waals surface area contributed by atoms with Crippen LogP contribution >= 0.6 is 15.9 Å². The SMILES string of the molecule is CC1CCC(C(N)Cc2ccc(F)cc2Br)CC1. The van der Waals surface area contributed by atoms with Crippen LogP contribution in [0.3, 0.4) is 0 Å². The molecule has 0 heterocycles. The van der Waals surface area contributed by atoms with E-state index in [9.17, 15) is 4.39 Å². The molecule has 1 saturated carbocycles. The molecule has 1 aliphatic rings. The third-order valence-corrected chi connectivity index (χ3v) is 4.87. The molecular formula is C15H21BrFN. The Morgan fingerprint density at radius 3 is 2.61 bits per heavy atom. The van der Waals surface area contributed by atoms with E-state index in [-0.39, 0.29) is 11.9 Å². The summed E-state index contributed by atoms with van der Waals surface area (Å²) in [4.78, 5) is 0. The zero-order chi connectivity index (χ0) is 13.1. The summed E-state index contributed by atoms with van der Waals surface area (Å²) in [7, 11) is 0. The van der Waals surface area contributed by atoms with Gasteiger partial charge in [0, 0.05) is 10.5 Å². The first-order chi connectivity index (χ1) is 8.56. The normalized spacial score (nSPS) is 26.0. The van der Waals surface area contributed by atoms with Crippen LogP contribution in [0, 0.1) is 17.7 Å². The summed E-state index contributed by atoms with van der Waals surface area (Å²) in [5.41, 5.74) is 7.43. The fraction of sp³-hybridized carbons (Fsp3) is 0.600. The van der Waals surface area contributed by atoms with Crippen molar-refractivity contribution in [1.29, 1.82) is 0 Å². The smallest absolute Gasteiger partial charge is 0.124 e. The van der Waals surface area contributed by atoms with Gasteiger partial charge in [-0.25, -0.2) is 4.39 Å². The van der Waals surface area contributed by atoms with Crippen molar-refractivity contribution in [2.75, 3.05) is 0 Å². The van der Waals surface area contributed by atoms with Gasteiger partial charge in [-0.2, -0.15) is 0 Å². The van der Waals surface area contributed by atoms with E-state index in [0.717, 1.165) is 22.4 Å². The molecule has 1 atom stereocenters. The second-order valence-corrected chi connectivity index (χ2v) is 6.48. The quantitative estimate of drug-likeness (QED) is 0.885. The summed E-state index contributed by atoms with van der Waals surface area (Å²) >= 11 is 3.41. The summed E-state index contributed by atoms with van der Waals surface area (Å²) in [5, 5.41) is 0. The van der Waals surface area contributed by atoms with Crippen LogP contribution in [-0.4, -0.2) is 6.04 Å². The molecule has 1 aromatic rings. The maximum atomic E-state index is 13.0. The molecular weight excluding hydrogens is 293 g/mol. The predicted molar refractivity (Wildman–Crippen MR) is 76.9 cm³/mol. The van der Waals surface area contributed by atoms with Crippen molar-refractivity contribution >= 4 is 15.9 Å². The predicted octanol–water partition coefficient (Wildman–Crippen LogP) is 4.28. The first-order valence-corrected chi connectivity index (χ1v) is 7.55. The molecule has 0 amide bonds. The first kappa shape index (κ1) is 14.0. The van der Waals surface area contributed by atoms with E-state index < -0.39 is 0 Å². The molecule has 0 bridgehead atoms. The largest absolute Gasteiger partial charge is 0.327 e. The van der Waals surface area contributed by atoms with Gasteiger partial charge < -0.3 is 5.73 Å². The summed E-state index contributed by atoms with van der Waals surface area (Å²) in [5.74, 6) is 1.27. The van der Waals surface area contributed by atoms with Crippen molar-refractivity contribution in [3.8, 4) is 0 Å². The standard InChI is InChI=1S/C15H21BrFN/c1-10-2-4-11(5-3-10)15(18)8-12-6-7-13(17)9-14(12)16/h6-7,9-11,15H,2-5,8,18H2,1H3. The Morgan fingerprint density at radius 1 is 1.33 bits per heavy atom. The molecule has 0 radical (unpaired) electrons. The molecule has 0 aliphatic heterocycles. The maximum absolute atomic E-state index is 13.0. The highest BCUT2D eigenvalue weighted by Crippen LogP contribution is 2.31. The van der Waals surface area contributed by atoms with Gasteiger partial charge in [0.25, 0.3) is 0 Å². The fourth-order valence-corrected chi connectivity index (χ4v) is 3.33. The highest BCUT2D eigenvalue weighted by molar-refractivity contribution is 9.10. The van der Waals surface area contributed by atoms with Crippen molar-refractivity contribution in [3.63, 3.8) is 0 Å². The Labute approximate surface area is 117 Å².